The van der Waals surface area contributed by atoms with E-state index in [2.05, 4.69) is 19.8 Å². The Morgan fingerprint density at radius 2 is 1.81 bits per heavy atom. The molecule has 3 aromatic carbocycles. The fourth-order valence-electron chi connectivity index (χ4n) is 5.11. The van der Waals surface area contributed by atoms with E-state index in [4.69, 9.17) is 20.3 Å². The van der Waals surface area contributed by atoms with Crippen LogP contribution in [0.25, 0.3) is 39.4 Å². The van der Waals surface area contributed by atoms with Gasteiger partial charge in [-0.15, -0.1) is 8.78 Å². The number of carbonyl (C=O) groups is 1. The smallest absolute Gasteiger partial charge is 0.440 e. The van der Waals surface area contributed by atoms with E-state index in [0.717, 1.165) is 12.3 Å². The molecule has 4 aromatic rings. The van der Waals surface area contributed by atoms with Crippen LogP contribution < -0.4 is 20.5 Å². The van der Waals surface area contributed by atoms with Gasteiger partial charge in [-0.05, 0) is 60.5 Å². The average molecular weight is 687 g/mol. The summed E-state index contributed by atoms with van der Waals surface area (Å²) < 4.78 is 87.9. The molecule has 12 nitrogen and oxygen atoms in total. The Hall–Kier alpha value is -5.35. The molecule has 2 heterocycles. The number of rotatable bonds is 10. The minimum atomic E-state index is -3.96. The zero-order valence-corrected chi connectivity index (χ0v) is 26.7. The molecular formula is C32H29F3N4O8S. The molecule has 1 aromatic heterocycles. The van der Waals surface area contributed by atoms with Crippen molar-refractivity contribution in [1.82, 2.24) is 10.3 Å². The number of primary amides is 1. The number of alkyl halides is 2. The van der Waals surface area contributed by atoms with E-state index in [1.807, 2.05) is 0 Å². The number of benzene rings is 3. The third-order valence-corrected chi connectivity index (χ3v) is 8.47. The summed E-state index contributed by atoms with van der Waals surface area (Å²) in [5.41, 5.74) is 6.59. The van der Waals surface area contributed by atoms with E-state index >= 15 is 4.39 Å². The molecule has 0 radical (unpaired) electrons. The minimum Gasteiger partial charge on any atom is -0.440 e. The van der Waals surface area contributed by atoms with Gasteiger partial charge in [0.1, 0.15) is 17.6 Å². The molecule has 0 bridgehead atoms. The standard InChI is InChI=1S/C32H29F3N4O8S/c1-15(44-31(37)41)24(36)13-25(38-3)20-7-5-17(19-10-23(33)22(14-40)28(12-19)48(4,42)43)9-21(20)30-29(39-16(2)45-30)18-6-8-26-27(11-18)47-32(34,35)46-26/h5-13,15,36,38,40H,14H2,1-4H3,(H2,37,41)/b25-13-,36-24?. The van der Waals surface area contributed by atoms with E-state index in [1.165, 1.54) is 37.3 Å². The first-order valence-corrected chi connectivity index (χ1v) is 16.0. The molecule has 0 fully saturated rings. The van der Waals surface area contributed by atoms with Crippen LogP contribution in [0.15, 0.2) is 63.9 Å². The van der Waals surface area contributed by atoms with E-state index < -0.39 is 45.6 Å². The van der Waals surface area contributed by atoms with Crippen molar-refractivity contribution < 1.29 is 50.1 Å². The Balaban J connectivity index is 1.75. The molecule has 252 valence electrons. The van der Waals surface area contributed by atoms with Gasteiger partial charge in [0.2, 0.25) is 0 Å². The highest BCUT2D eigenvalue weighted by Crippen LogP contribution is 2.45. The van der Waals surface area contributed by atoms with Crippen LogP contribution in [0.3, 0.4) is 0 Å². The van der Waals surface area contributed by atoms with Crippen molar-refractivity contribution in [2.45, 2.75) is 37.7 Å². The van der Waals surface area contributed by atoms with Gasteiger partial charge in [0.05, 0.1) is 17.2 Å². The molecule has 1 unspecified atom stereocenters. The van der Waals surface area contributed by atoms with Gasteiger partial charge in [-0.2, -0.15) is 0 Å². The van der Waals surface area contributed by atoms with Crippen LogP contribution in [-0.4, -0.2) is 56.0 Å². The molecule has 5 N–H and O–H groups in total. The number of nitrogens with one attached hydrogen (secondary N) is 2. The second-order valence-electron chi connectivity index (χ2n) is 10.7. The highest BCUT2D eigenvalue weighted by atomic mass is 32.2. The van der Waals surface area contributed by atoms with Crippen LogP contribution in [0.4, 0.5) is 18.0 Å². The van der Waals surface area contributed by atoms with Gasteiger partial charge in [0, 0.05) is 48.2 Å². The lowest BCUT2D eigenvalue weighted by Crippen LogP contribution is -2.26. The van der Waals surface area contributed by atoms with Gasteiger partial charge in [-0.1, -0.05) is 12.1 Å². The van der Waals surface area contributed by atoms with Crippen molar-refractivity contribution >= 4 is 27.3 Å². The molecule has 5 rings (SSSR count). The van der Waals surface area contributed by atoms with Crippen molar-refractivity contribution in [2.75, 3.05) is 13.3 Å². The predicted molar refractivity (Wildman–Crippen MR) is 168 cm³/mol. The number of fused-ring (bicyclic) bond motifs is 1. The van der Waals surface area contributed by atoms with Crippen LogP contribution in [-0.2, 0) is 21.2 Å². The van der Waals surface area contributed by atoms with Crippen molar-refractivity contribution in [1.29, 1.82) is 5.41 Å². The van der Waals surface area contributed by atoms with Crippen molar-refractivity contribution in [3.05, 3.63) is 77.4 Å². The minimum absolute atomic E-state index is 0.125. The number of amides is 1. The number of carbonyl (C=O) groups excluding carboxylic acids is 1. The summed E-state index contributed by atoms with van der Waals surface area (Å²) in [5.74, 6) is -1.06. The van der Waals surface area contributed by atoms with Gasteiger partial charge in [0.15, 0.2) is 33.0 Å². The molecule has 48 heavy (non-hydrogen) atoms. The zero-order valence-electron chi connectivity index (χ0n) is 25.9. The first-order chi connectivity index (χ1) is 22.5. The highest BCUT2D eigenvalue weighted by molar-refractivity contribution is 7.90. The molecular weight excluding hydrogens is 657 g/mol. The van der Waals surface area contributed by atoms with Crippen LogP contribution in [0.1, 0.15) is 23.9 Å². The molecule has 1 amide bonds. The number of oxazole rings is 1. The maximum Gasteiger partial charge on any atom is 0.586 e. The fraction of sp³-hybridized carbons (Fsp3) is 0.219. The Morgan fingerprint density at radius 3 is 2.46 bits per heavy atom. The number of aliphatic hydroxyl groups excluding tert-OH is 1. The number of hydrogen-bond donors (Lipinski definition) is 4. The van der Waals surface area contributed by atoms with Crippen LogP contribution in [0, 0.1) is 18.2 Å². The quantitative estimate of drug-likeness (QED) is 0.157. The summed E-state index contributed by atoms with van der Waals surface area (Å²) in [5, 5.41) is 21.1. The fourth-order valence-corrected chi connectivity index (χ4v) is 6.06. The topological polar surface area (TPSA) is 187 Å². The van der Waals surface area contributed by atoms with Crippen molar-refractivity contribution in [3.8, 4) is 45.2 Å². The number of nitrogens with zero attached hydrogens (tertiary/aromatic N) is 1. The number of nitrogens with two attached hydrogens (primary N) is 1. The number of ether oxygens (including phenoxy) is 3. The lowest BCUT2D eigenvalue weighted by atomic mass is 9.93. The van der Waals surface area contributed by atoms with Gasteiger partial charge in [0.25, 0.3) is 0 Å². The largest absolute Gasteiger partial charge is 0.586 e. The van der Waals surface area contributed by atoms with Crippen LogP contribution in [0.2, 0.25) is 0 Å². The Bertz CT molecular complexity index is 2100. The molecule has 0 spiro atoms. The molecule has 0 aliphatic carbocycles. The summed E-state index contributed by atoms with van der Waals surface area (Å²) in [6, 6.07) is 11.1. The van der Waals surface area contributed by atoms with Crippen molar-refractivity contribution in [2.24, 2.45) is 5.73 Å². The average Bonchev–Trinajstić information content (AvgIpc) is 3.55. The number of aryl methyl sites for hydroxylation is 1. The summed E-state index contributed by atoms with van der Waals surface area (Å²) in [6.07, 6.45) is -3.68. The third-order valence-electron chi connectivity index (χ3n) is 7.31. The SMILES string of the molecule is CN/C(=C\C(=N)C(C)OC(N)=O)c1ccc(-c2cc(F)c(CO)c(S(C)(=O)=O)c2)cc1-c1oc(C)nc1-c1ccc2c(c1)OC(F)(F)O2. The summed E-state index contributed by atoms with van der Waals surface area (Å²) in [7, 11) is -2.39. The van der Waals surface area contributed by atoms with Gasteiger partial charge in [-0.3, -0.25) is 0 Å². The maximum atomic E-state index is 15.2. The lowest BCUT2D eigenvalue weighted by Gasteiger charge is -2.17. The zero-order chi connectivity index (χ0) is 35.1. The number of hydrogen-bond acceptors (Lipinski definition) is 11. The Kier molecular flexibility index (Phi) is 8.99. The first kappa shape index (κ1) is 34.0. The number of halogens is 3. The molecule has 1 atom stereocenters. The van der Waals surface area contributed by atoms with Crippen LogP contribution in [0.5, 0.6) is 11.5 Å². The molecule has 0 saturated carbocycles. The highest BCUT2D eigenvalue weighted by Gasteiger charge is 2.43. The Labute approximate surface area is 272 Å². The van der Waals surface area contributed by atoms with E-state index in [-0.39, 0.29) is 45.7 Å². The third kappa shape index (κ3) is 6.84. The van der Waals surface area contributed by atoms with Gasteiger partial charge >= 0.3 is 12.4 Å². The normalized spacial score (nSPS) is 14.5. The summed E-state index contributed by atoms with van der Waals surface area (Å²) >= 11 is 0. The predicted octanol–water partition coefficient (Wildman–Crippen LogP) is 5.40. The number of aliphatic hydroxyl groups is 1. The summed E-state index contributed by atoms with van der Waals surface area (Å²) in [4.78, 5) is 15.4. The molecule has 1 aliphatic heterocycles. The van der Waals surface area contributed by atoms with E-state index in [0.29, 0.717) is 28.0 Å². The monoisotopic (exact) mass is 686 g/mol. The van der Waals surface area contributed by atoms with Gasteiger partial charge < -0.3 is 40.2 Å². The molecule has 1 aliphatic rings. The lowest BCUT2D eigenvalue weighted by molar-refractivity contribution is -0.286. The molecule has 16 heteroatoms. The number of sulfone groups is 1. The first-order valence-electron chi connectivity index (χ1n) is 14.1. The molecule has 0 saturated heterocycles. The second kappa shape index (κ2) is 12.7. The van der Waals surface area contributed by atoms with Crippen LogP contribution >= 0.6 is 0 Å². The van der Waals surface area contributed by atoms with Crippen molar-refractivity contribution in [3.63, 3.8) is 0 Å². The second-order valence-corrected chi connectivity index (χ2v) is 12.7. The number of aromatic nitrogens is 1. The van der Waals surface area contributed by atoms with E-state index in [1.54, 1.807) is 32.2 Å². The summed E-state index contributed by atoms with van der Waals surface area (Å²) in [6.45, 7) is 2.17. The Morgan fingerprint density at radius 1 is 1.12 bits per heavy atom. The van der Waals surface area contributed by atoms with Gasteiger partial charge in [-0.25, -0.2) is 22.6 Å². The van der Waals surface area contributed by atoms with E-state index in [9.17, 15) is 27.1 Å². The maximum absolute atomic E-state index is 15.2.